The van der Waals surface area contributed by atoms with Gasteiger partial charge in [0, 0.05) is 11.6 Å². The molecule has 0 saturated heterocycles. The molecule has 20 heavy (non-hydrogen) atoms. The molecule has 1 amide bonds. The molecule has 0 aromatic heterocycles. The Morgan fingerprint density at radius 3 is 2.85 bits per heavy atom. The standard InChI is InChI=1S/C17H21NO2/c1-17(2)10-9-14(12-17)18-16(20)15-8-4-3-6-13(15)7-5-11-19/h3-4,6,8,14,19H,9-12H2,1-2H3,(H,18,20). The van der Waals surface area contributed by atoms with Crippen molar-refractivity contribution in [2.24, 2.45) is 5.41 Å². The zero-order chi connectivity index (χ0) is 14.6. The fourth-order valence-electron chi connectivity index (χ4n) is 2.75. The number of hydrogen-bond donors (Lipinski definition) is 2. The molecule has 1 aromatic carbocycles. The van der Waals surface area contributed by atoms with Gasteiger partial charge < -0.3 is 10.4 Å². The van der Waals surface area contributed by atoms with Gasteiger partial charge in [-0.15, -0.1) is 0 Å². The summed E-state index contributed by atoms with van der Waals surface area (Å²) in [5.41, 5.74) is 1.56. The van der Waals surface area contributed by atoms with Crippen molar-refractivity contribution in [3.8, 4) is 11.8 Å². The van der Waals surface area contributed by atoms with Crippen molar-refractivity contribution in [3.05, 3.63) is 35.4 Å². The van der Waals surface area contributed by atoms with Gasteiger partial charge in [0.25, 0.3) is 5.91 Å². The average Bonchev–Trinajstić information content (AvgIpc) is 2.76. The minimum Gasteiger partial charge on any atom is -0.384 e. The Kier molecular flexibility index (Phi) is 4.46. The van der Waals surface area contributed by atoms with Crippen LogP contribution in [-0.2, 0) is 0 Å². The lowest BCUT2D eigenvalue weighted by atomic mass is 9.92. The Morgan fingerprint density at radius 1 is 1.45 bits per heavy atom. The van der Waals surface area contributed by atoms with Crippen LogP contribution in [0.25, 0.3) is 0 Å². The van der Waals surface area contributed by atoms with E-state index in [9.17, 15) is 4.79 Å². The summed E-state index contributed by atoms with van der Waals surface area (Å²) >= 11 is 0. The number of carbonyl (C=O) groups excluding carboxylic acids is 1. The number of benzene rings is 1. The molecule has 1 saturated carbocycles. The van der Waals surface area contributed by atoms with Gasteiger partial charge in [-0.1, -0.05) is 37.8 Å². The maximum Gasteiger partial charge on any atom is 0.252 e. The van der Waals surface area contributed by atoms with E-state index in [1.807, 2.05) is 12.1 Å². The zero-order valence-electron chi connectivity index (χ0n) is 12.1. The van der Waals surface area contributed by atoms with Crippen LogP contribution in [0, 0.1) is 17.3 Å². The molecule has 3 heteroatoms. The summed E-state index contributed by atoms with van der Waals surface area (Å²) in [6.07, 6.45) is 3.19. The van der Waals surface area contributed by atoms with E-state index in [4.69, 9.17) is 5.11 Å². The molecule has 2 N–H and O–H groups in total. The number of amides is 1. The lowest BCUT2D eigenvalue weighted by Crippen LogP contribution is -2.33. The van der Waals surface area contributed by atoms with Crippen molar-refractivity contribution >= 4 is 5.91 Å². The normalized spacial score (nSPS) is 20.1. The van der Waals surface area contributed by atoms with E-state index >= 15 is 0 Å². The largest absolute Gasteiger partial charge is 0.384 e. The average molecular weight is 271 g/mol. The van der Waals surface area contributed by atoms with Crippen LogP contribution in [0.2, 0.25) is 0 Å². The second kappa shape index (κ2) is 6.11. The number of carbonyl (C=O) groups is 1. The van der Waals surface area contributed by atoms with Crippen LogP contribution in [0.3, 0.4) is 0 Å². The third-order valence-corrected chi connectivity index (χ3v) is 3.78. The van der Waals surface area contributed by atoms with E-state index in [0.717, 1.165) is 19.3 Å². The summed E-state index contributed by atoms with van der Waals surface area (Å²) in [7, 11) is 0. The Labute approximate surface area is 120 Å². The van der Waals surface area contributed by atoms with Crippen molar-refractivity contribution in [1.82, 2.24) is 5.32 Å². The predicted octanol–water partition coefficient (Wildman–Crippen LogP) is 2.34. The maximum absolute atomic E-state index is 12.4. The monoisotopic (exact) mass is 271 g/mol. The molecule has 0 radical (unpaired) electrons. The summed E-state index contributed by atoms with van der Waals surface area (Å²) in [6.45, 7) is 4.27. The molecule has 3 nitrogen and oxygen atoms in total. The van der Waals surface area contributed by atoms with Gasteiger partial charge >= 0.3 is 0 Å². The van der Waals surface area contributed by atoms with Crippen molar-refractivity contribution < 1.29 is 9.90 Å². The molecule has 0 bridgehead atoms. The predicted molar refractivity (Wildman–Crippen MR) is 79.3 cm³/mol. The van der Waals surface area contributed by atoms with Gasteiger partial charge in [-0.2, -0.15) is 0 Å². The third-order valence-electron chi connectivity index (χ3n) is 3.78. The van der Waals surface area contributed by atoms with Gasteiger partial charge in [-0.25, -0.2) is 0 Å². The quantitative estimate of drug-likeness (QED) is 0.811. The van der Waals surface area contributed by atoms with E-state index in [0.29, 0.717) is 16.5 Å². The minimum absolute atomic E-state index is 0.0736. The highest BCUT2D eigenvalue weighted by atomic mass is 16.2. The lowest BCUT2D eigenvalue weighted by molar-refractivity contribution is 0.0936. The third kappa shape index (κ3) is 3.61. The Bertz CT molecular complexity index is 552. The Balaban J connectivity index is 2.10. The molecule has 1 aromatic rings. The zero-order valence-corrected chi connectivity index (χ0v) is 12.1. The van der Waals surface area contributed by atoms with E-state index in [2.05, 4.69) is 31.0 Å². The second-order valence-electron chi connectivity index (χ2n) is 6.08. The molecular weight excluding hydrogens is 250 g/mol. The summed E-state index contributed by atoms with van der Waals surface area (Å²) in [5, 5.41) is 11.9. The number of hydrogen-bond acceptors (Lipinski definition) is 2. The SMILES string of the molecule is CC1(C)CCC(NC(=O)c2ccccc2C#CCO)C1. The molecule has 0 heterocycles. The number of aliphatic hydroxyl groups is 1. The van der Waals surface area contributed by atoms with Crippen molar-refractivity contribution in [2.75, 3.05) is 6.61 Å². The molecule has 1 unspecified atom stereocenters. The van der Waals surface area contributed by atoms with Crippen LogP contribution < -0.4 is 5.32 Å². The first-order chi connectivity index (χ1) is 9.52. The number of rotatable bonds is 2. The molecular formula is C17H21NO2. The molecule has 1 aliphatic carbocycles. The van der Waals surface area contributed by atoms with Crippen LogP contribution in [-0.4, -0.2) is 23.7 Å². The highest BCUT2D eigenvalue weighted by Crippen LogP contribution is 2.37. The van der Waals surface area contributed by atoms with Gasteiger partial charge in [0.2, 0.25) is 0 Å². The molecule has 1 atom stereocenters. The topological polar surface area (TPSA) is 49.3 Å². The highest BCUT2D eigenvalue weighted by Gasteiger charge is 2.31. The summed E-state index contributed by atoms with van der Waals surface area (Å²) in [6, 6.07) is 7.50. The molecule has 0 aliphatic heterocycles. The van der Waals surface area contributed by atoms with Crippen molar-refractivity contribution in [1.29, 1.82) is 0 Å². The van der Waals surface area contributed by atoms with Crippen LogP contribution in [0.1, 0.15) is 49.0 Å². The van der Waals surface area contributed by atoms with Crippen molar-refractivity contribution in [3.63, 3.8) is 0 Å². The first-order valence-corrected chi connectivity index (χ1v) is 7.01. The van der Waals surface area contributed by atoms with Crippen LogP contribution in [0.4, 0.5) is 0 Å². The summed E-state index contributed by atoms with van der Waals surface area (Å²) in [5.74, 6) is 5.34. The first-order valence-electron chi connectivity index (χ1n) is 7.01. The van der Waals surface area contributed by atoms with Crippen LogP contribution in [0.5, 0.6) is 0 Å². The first kappa shape index (κ1) is 14.6. The van der Waals surface area contributed by atoms with Gasteiger partial charge in [-0.3, -0.25) is 4.79 Å². The molecule has 0 spiro atoms. The minimum atomic E-state index is -0.202. The lowest BCUT2D eigenvalue weighted by Gasteiger charge is -2.18. The van der Waals surface area contributed by atoms with Crippen LogP contribution in [0.15, 0.2) is 24.3 Å². The molecule has 1 fully saturated rings. The van der Waals surface area contributed by atoms with Gasteiger partial charge in [0.1, 0.15) is 6.61 Å². The highest BCUT2D eigenvalue weighted by molar-refractivity contribution is 5.96. The van der Waals surface area contributed by atoms with Gasteiger partial charge in [0.05, 0.1) is 5.56 Å². The maximum atomic E-state index is 12.4. The van der Waals surface area contributed by atoms with Crippen LogP contribution >= 0.6 is 0 Å². The smallest absolute Gasteiger partial charge is 0.252 e. The molecule has 2 rings (SSSR count). The summed E-state index contributed by atoms with van der Waals surface area (Å²) < 4.78 is 0. The summed E-state index contributed by atoms with van der Waals surface area (Å²) in [4.78, 5) is 12.4. The van der Waals surface area contributed by atoms with Gasteiger partial charge in [-0.05, 0) is 36.8 Å². The fourth-order valence-corrected chi connectivity index (χ4v) is 2.75. The molecule has 106 valence electrons. The second-order valence-corrected chi connectivity index (χ2v) is 6.08. The van der Waals surface area contributed by atoms with E-state index in [-0.39, 0.29) is 18.6 Å². The van der Waals surface area contributed by atoms with E-state index < -0.39 is 0 Å². The molecule has 1 aliphatic rings. The number of aliphatic hydroxyl groups excluding tert-OH is 1. The number of nitrogens with one attached hydrogen (secondary N) is 1. The van der Waals surface area contributed by atoms with E-state index in [1.165, 1.54) is 0 Å². The Morgan fingerprint density at radius 2 is 2.20 bits per heavy atom. The van der Waals surface area contributed by atoms with E-state index in [1.54, 1.807) is 12.1 Å². The fraction of sp³-hybridized carbons (Fsp3) is 0.471. The Hall–Kier alpha value is -1.79. The van der Waals surface area contributed by atoms with Gasteiger partial charge in [0.15, 0.2) is 0 Å². The van der Waals surface area contributed by atoms with Crippen molar-refractivity contribution in [2.45, 2.75) is 39.2 Å².